The maximum Gasteiger partial charge on any atom is 0.123 e. The van der Waals surface area contributed by atoms with E-state index in [0.717, 1.165) is 22.3 Å². The topological polar surface area (TPSA) is 40.5 Å². The zero-order chi connectivity index (χ0) is 30.3. The van der Waals surface area contributed by atoms with Gasteiger partial charge in [0.05, 0.1) is 0 Å². The van der Waals surface area contributed by atoms with E-state index in [4.69, 9.17) is 0 Å². The minimum absolute atomic E-state index is 0.215. The molecular weight excluding hydrogens is 496 g/mol. The SMILES string of the molecule is CC(C)c1c(O)c(C(C)C)c(C(C)C)c(Sc2c(C(C)C)c(C(C)C)c(O)c(C(C)C)c2C(C)C)c1C(C)C. The predicted octanol–water partition coefficient (Wildman–Crippen LogP) is 12.2. The van der Waals surface area contributed by atoms with Crippen molar-refractivity contribution in [3.63, 3.8) is 0 Å². The van der Waals surface area contributed by atoms with Crippen molar-refractivity contribution < 1.29 is 10.2 Å². The van der Waals surface area contributed by atoms with E-state index in [9.17, 15) is 10.2 Å². The summed E-state index contributed by atoms with van der Waals surface area (Å²) in [5, 5.41) is 23.6. The van der Waals surface area contributed by atoms with Crippen LogP contribution in [0.3, 0.4) is 0 Å². The Bertz CT molecular complexity index is 990. The molecule has 0 aliphatic heterocycles. The van der Waals surface area contributed by atoms with Crippen molar-refractivity contribution in [2.24, 2.45) is 0 Å². The molecule has 0 saturated heterocycles. The quantitative estimate of drug-likeness (QED) is 0.307. The van der Waals surface area contributed by atoms with Crippen molar-refractivity contribution in [3.05, 3.63) is 44.5 Å². The van der Waals surface area contributed by atoms with E-state index in [2.05, 4.69) is 111 Å². The zero-order valence-electron chi connectivity index (χ0n) is 27.9. The highest BCUT2D eigenvalue weighted by Gasteiger charge is 2.33. The van der Waals surface area contributed by atoms with Crippen molar-refractivity contribution in [1.29, 1.82) is 0 Å². The van der Waals surface area contributed by atoms with Gasteiger partial charge >= 0.3 is 0 Å². The second-order valence-corrected chi connectivity index (χ2v) is 15.0. The molecule has 0 radical (unpaired) electrons. The minimum Gasteiger partial charge on any atom is -0.507 e. The second-order valence-electron chi connectivity index (χ2n) is 14.0. The molecule has 0 bridgehead atoms. The van der Waals surface area contributed by atoms with Crippen molar-refractivity contribution in [2.45, 2.75) is 168 Å². The predicted molar refractivity (Wildman–Crippen MR) is 173 cm³/mol. The van der Waals surface area contributed by atoms with Gasteiger partial charge in [-0.3, -0.25) is 0 Å². The van der Waals surface area contributed by atoms with Crippen LogP contribution in [0.15, 0.2) is 9.79 Å². The molecule has 0 fully saturated rings. The van der Waals surface area contributed by atoms with Crippen molar-refractivity contribution in [2.75, 3.05) is 0 Å². The molecule has 2 nitrogen and oxygen atoms in total. The maximum absolute atomic E-state index is 11.8. The highest BCUT2D eigenvalue weighted by Crippen LogP contribution is 2.55. The van der Waals surface area contributed by atoms with Crippen molar-refractivity contribution in [1.82, 2.24) is 0 Å². The van der Waals surface area contributed by atoms with Gasteiger partial charge in [0.25, 0.3) is 0 Å². The van der Waals surface area contributed by atoms with E-state index < -0.39 is 0 Å². The van der Waals surface area contributed by atoms with Crippen molar-refractivity contribution in [3.8, 4) is 11.5 Å². The van der Waals surface area contributed by atoms with Gasteiger partial charge < -0.3 is 10.2 Å². The summed E-state index contributed by atoms with van der Waals surface area (Å²) in [4.78, 5) is 2.65. The van der Waals surface area contributed by atoms with Crippen LogP contribution in [0.2, 0.25) is 0 Å². The standard InChI is InChI=1S/C36H58O2S/c1-17(2)25-29(21(9)10)35(30(22(11)12)26(18(3)4)33(25)37)39-36-31(23(13)14)27(19(5)6)34(38)28(20(7)8)32(36)24(15)16/h17-24,37-38H,1-16H3. The molecule has 0 spiro atoms. The molecule has 3 heteroatoms. The first-order valence-electron chi connectivity index (χ1n) is 15.4. The van der Waals surface area contributed by atoms with Crippen LogP contribution < -0.4 is 0 Å². The molecule has 2 rings (SSSR count). The fourth-order valence-electron chi connectivity index (χ4n) is 6.53. The summed E-state index contributed by atoms with van der Waals surface area (Å²) in [5.41, 5.74) is 9.56. The third-order valence-electron chi connectivity index (χ3n) is 7.98. The average Bonchev–Trinajstić information content (AvgIpc) is 2.77. The number of aromatic hydroxyl groups is 2. The molecule has 2 aromatic rings. The van der Waals surface area contributed by atoms with Gasteiger partial charge in [-0.2, -0.15) is 0 Å². The van der Waals surface area contributed by atoms with Gasteiger partial charge in [-0.25, -0.2) is 0 Å². The Morgan fingerprint density at radius 1 is 0.308 bits per heavy atom. The van der Waals surface area contributed by atoms with Gasteiger partial charge in [0.15, 0.2) is 0 Å². The molecule has 0 aromatic heterocycles. The monoisotopic (exact) mass is 554 g/mol. The molecule has 0 aliphatic carbocycles. The number of phenolic OH excluding ortho intramolecular Hbond substituents is 2. The number of rotatable bonds is 10. The second kappa shape index (κ2) is 12.9. The van der Waals surface area contributed by atoms with E-state index in [1.54, 1.807) is 0 Å². The lowest BCUT2D eigenvalue weighted by Crippen LogP contribution is -2.14. The molecule has 0 heterocycles. The zero-order valence-corrected chi connectivity index (χ0v) is 28.7. The normalized spacial score (nSPS) is 12.7. The van der Waals surface area contributed by atoms with Crippen LogP contribution in [-0.4, -0.2) is 10.2 Å². The number of hydrogen-bond acceptors (Lipinski definition) is 3. The summed E-state index contributed by atoms with van der Waals surface area (Å²) in [7, 11) is 0. The Hall–Kier alpha value is -1.61. The van der Waals surface area contributed by atoms with Crippen LogP contribution in [0, 0.1) is 0 Å². The first kappa shape index (κ1) is 33.6. The van der Waals surface area contributed by atoms with E-state index >= 15 is 0 Å². The smallest absolute Gasteiger partial charge is 0.123 e. The van der Waals surface area contributed by atoms with Crippen molar-refractivity contribution >= 4 is 11.8 Å². The van der Waals surface area contributed by atoms with Crippen LogP contribution in [0.25, 0.3) is 0 Å². The van der Waals surface area contributed by atoms with E-state index in [1.165, 1.54) is 32.0 Å². The van der Waals surface area contributed by atoms with Gasteiger partial charge in [-0.15, -0.1) is 0 Å². The number of phenols is 2. The molecule has 2 N–H and O–H groups in total. The Morgan fingerprint density at radius 2 is 0.462 bits per heavy atom. The fraction of sp³-hybridized carbons (Fsp3) is 0.667. The van der Waals surface area contributed by atoms with Gasteiger partial charge in [0, 0.05) is 32.0 Å². The molecule has 0 aliphatic rings. The Balaban J connectivity index is 3.33. The molecule has 0 saturated carbocycles. The molecule has 220 valence electrons. The molecule has 0 unspecified atom stereocenters. The Kier molecular flexibility index (Phi) is 11.1. The molecule has 39 heavy (non-hydrogen) atoms. The maximum atomic E-state index is 11.8. The van der Waals surface area contributed by atoms with E-state index in [1.807, 2.05) is 11.8 Å². The van der Waals surface area contributed by atoms with Gasteiger partial charge in [0.1, 0.15) is 11.5 Å². The van der Waals surface area contributed by atoms with Crippen LogP contribution in [0.5, 0.6) is 11.5 Å². The lowest BCUT2D eigenvalue weighted by atomic mass is 9.80. The van der Waals surface area contributed by atoms with Crippen LogP contribution >= 0.6 is 11.8 Å². The average molecular weight is 555 g/mol. The lowest BCUT2D eigenvalue weighted by molar-refractivity contribution is 0.448. The van der Waals surface area contributed by atoms with Crippen LogP contribution in [0.4, 0.5) is 0 Å². The first-order valence-corrected chi connectivity index (χ1v) is 16.2. The minimum atomic E-state index is 0.215. The molecule has 2 aromatic carbocycles. The summed E-state index contributed by atoms with van der Waals surface area (Å²) >= 11 is 1.93. The first-order chi connectivity index (χ1) is 17.9. The van der Waals surface area contributed by atoms with E-state index in [-0.39, 0.29) is 47.3 Å². The summed E-state index contributed by atoms with van der Waals surface area (Å²) in [6.45, 7) is 35.8. The summed E-state index contributed by atoms with van der Waals surface area (Å²) in [6, 6.07) is 0. The van der Waals surface area contributed by atoms with Crippen LogP contribution in [-0.2, 0) is 0 Å². The fourth-order valence-corrected chi connectivity index (χ4v) is 8.56. The largest absolute Gasteiger partial charge is 0.507 e. The third kappa shape index (κ3) is 6.34. The van der Waals surface area contributed by atoms with E-state index in [0.29, 0.717) is 11.5 Å². The summed E-state index contributed by atoms with van der Waals surface area (Å²) in [6.07, 6.45) is 0. The van der Waals surface area contributed by atoms with Gasteiger partial charge in [-0.1, -0.05) is 123 Å². The Morgan fingerprint density at radius 3 is 0.590 bits per heavy atom. The molecule has 0 atom stereocenters. The number of hydrogen-bond donors (Lipinski definition) is 2. The highest BCUT2D eigenvalue weighted by atomic mass is 32.2. The molecule has 0 amide bonds. The number of benzene rings is 2. The highest BCUT2D eigenvalue weighted by molar-refractivity contribution is 7.99. The van der Waals surface area contributed by atoms with Gasteiger partial charge in [-0.05, 0) is 69.6 Å². The molecular formula is C36H58O2S. The summed E-state index contributed by atoms with van der Waals surface area (Å²) in [5.74, 6) is 2.94. The van der Waals surface area contributed by atoms with Gasteiger partial charge in [0.2, 0.25) is 0 Å². The summed E-state index contributed by atoms with van der Waals surface area (Å²) < 4.78 is 0. The van der Waals surface area contributed by atoms with Crippen LogP contribution in [0.1, 0.15) is 203 Å². The lowest BCUT2D eigenvalue weighted by Gasteiger charge is -2.33. The Labute approximate surface area is 245 Å². The third-order valence-corrected chi connectivity index (χ3v) is 9.27.